The number of carbonyl (C=O) groups excluding carboxylic acids is 1. The van der Waals surface area contributed by atoms with Gasteiger partial charge in [-0.3, -0.25) is 4.79 Å². The molecule has 0 saturated carbocycles. The zero-order valence-electron chi connectivity index (χ0n) is 9.50. The minimum Gasteiger partial charge on any atom is -0.469 e. The average Bonchev–Trinajstić information content (AvgIpc) is 2.08. The van der Waals surface area contributed by atoms with Crippen LogP contribution in [0.3, 0.4) is 0 Å². The molecule has 0 aliphatic heterocycles. The van der Waals surface area contributed by atoms with Crippen LogP contribution in [0.25, 0.3) is 0 Å². The minimum atomic E-state index is -1.37. The van der Waals surface area contributed by atoms with Crippen molar-refractivity contribution in [1.29, 1.82) is 0 Å². The van der Waals surface area contributed by atoms with E-state index in [1.807, 2.05) is 12.2 Å². The van der Waals surface area contributed by atoms with Crippen LogP contribution in [-0.4, -0.2) is 28.0 Å². The van der Waals surface area contributed by atoms with Crippen molar-refractivity contribution >= 4 is 14.3 Å². The highest BCUT2D eigenvalue weighted by molar-refractivity contribution is 6.69. The summed E-state index contributed by atoms with van der Waals surface area (Å²) in [5.41, 5.74) is 0. The van der Waals surface area contributed by atoms with Gasteiger partial charge in [-0.25, -0.2) is 0 Å². The van der Waals surface area contributed by atoms with E-state index in [0.29, 0.717) is 6.42 Å². The van der Waals surface area contributed by atoms with Crippen LogP contribution < -0.4 is 0 Å². The molecule has 0 aliphatic rings. The van der Waals surface area contributed by atoms with Gasteiger partial charge in [0.05, 0.1) is 13.5 Å². The molecular weight excluding hydrogens is 196 g/mol. The Morgan fingerprint density at radius 1 is 1.29 bits per heavy atom. The summed E-state index contributed by atoms with van der Waals surface area (Å²) in [4.78, 5) is 10.7. The van der Waals surface area contributed by atoms with Crippen molar-refractivity contribution in [3.63, 3.8) is 0 Å². The van der Waals surface area contributed by atoms with Gasteiger partial charge in [0.15, 0.2) is 8.32 Å². The van der Waals surface area contributed by atoms with Gasteiger partial charge in [-0.15, -0.1) is 0 Å². The largest absolute Gasteiger partial charge is 0.469 e. The molecule has 0 atom stereocenters. The molecule has 4 heteroatoms. The molecule has 0 radical (unpaired) electrons. The van der Waals surface area contributed by atoms with E-state index in [2.05, 4.69) is 24.4 Å². The summed E-state index contributed by atoms with van der Waals surface area (Å²) < 4.78 is 10.1. The summed E-state index contributed by atoms with van der Waals surface area (Å²) in [5.74, 6) is -0.202. The molecule has 0 aromatic heterocycles. The molecule has 0 heterocycles. The second-order valence-corrected chi connectivity index (χ2v) is 8.51. The Bertz CT molecular complexity index is 194. The first-order valence-electron chi connectivity index (χ1n) is 4.81. The smallest absolute Gasteiger partial charge is 0.309 e. The third-order valence-electron chi connectivity index (χ3n) is 1.50. The summed E-state index contributed by atoms with van der Waals surface area (Å²) in [6.45, 7) is 7.22. The zero-order chi connectivity index (χ0) is 11.0. The van der Waals surface area contributed by atoms with Crippen molar-refractivity contribution in [2.45, 2.75) is 32.5 Å². The van der Waals surface area contributed by atoms with Crippen LogP contribution >= 0.6 is 0 Å². The molecule has 0 aromatic carbocycles. The first-order chi connectivity index (χ1) is 6.45. The molecule has 0 spiro atoms. The summed E-state index contributed by atoms with van der Waals surface area (Å²) in [6.07, 6.45) is 4.99. The van der Waals surface area contributed by atoms with Gasteiger partial charge >= 0.3 is 5.97 Å². The molecule has 0 unspecified atom stereocenters. The van der Waals surface area contributed by atoms with Gasteiger partial charge in [-0.2, -0.15) is 0 Å². The number of carbonyl (C=O) groups is 1. The van der Waals surface area contributed by atoms with Crippen LogP contribution in [0.15, 0.2) is 12.2 Å². The van der Waals surface area contributed by atoms with Crippen LogP contribution in [-0.2, 0) is 14.0 Å². The zero-order valence-corrected chi connectivity index (χ0v) is 10.5. The highest BCUT2D eigenvalue weighted by Crippen LogP contribution is 2.03. The lowest BCUT2D eigenvalue weighted by atomic mass is 10.3. The second-order valence-electron chi connectivity index (χ2n) is 4.00. The van der Waals surface area contributed by atoms with E-state index in [9.17, 15) is 4.79 Å². The summed E-state index contributed by atoms with van der Waals surface area (Å²) in [6, 6.07) is 0. The first-order valence-corrected chi connectivity index (χ1v) is 8.22. The van der Waals surface area contributed by atoms with E-state index in [0.717, 1.165) is 13.0 Å². The molecule has 0 bridgehead atoms. The Morgan fingerprint density at radius 2 is 1.93 bits per heavy atom. The summed E-state index contributed by atoms with van der Waals surface area (Å²) in [5, 5.41) is 0. The van der Waals surface area contributed by atoms with Crippen molar-refractivity contribution in [2.24, 2.45) is 0 Å². The number of esters is 1. The number of hydrogen-bond acceptors (Lipinski definition) is 3. The molecule has 82 valence electrons. The van der Waals surface area contributed by atoms with Gasteiger partial charge in [0.1, 0.15) is 0 Å². The topological polar surface area (TPSA) is 35.5 Å². The van der Waals surface area contributed by atoms with E-state index in [-0.39, 0.29) is 5.97 Å². The van der Waals surface area contributed by atoms with Crippen molar-refractivity contribution in [2.75, 3.05) is 13.7 Å². The van der Waals surface area contributed by atoms with E-state index >= 15 is 0 Å². The molecule has 0 N–H and O–H groups in total. The lowest BCUT2D eigenvalue weighted by Gasteiger charge is -2.15. The van der Waals surface area contributed by atoms with Crippen molar-refractivity contribution < 1.29 is 14.0 Å². The van der Waals surface area contributed by atoms with E-state index in [1.165, 1.54) is 7.11 Å². The number of hydrogen-bond donors (Lipinski definition) is 0. The molecule has 0 aliphatic carbocycles. The fourth-order valence-corrected chi connectivity index (χ4v) is 1.54. The lowest BCUT2D eigenvalue weighted by Crippen LogP contribution is -2.25. The van der Waals surface area contributed by atoms with Crippen LogP contribution in [0.1, 0.15) is 12.8 Å². The minimum absolute atomic E-state index is 0.202. The maximum absolute atomic E-state index is 10.7. The molecule has 0 fully saturated rings. The normalized spacial score (nSPS) is 12.0. The molecule has 3 nitrogen and oxygen atoms in total. The number of rotatable bonds is 6. The Hall–Kier alpha value is -0.613. The van der Waals surface area contributed by atoms with E-state index in [4.69, 9.17) is 4.43 Å². The van der Waals surface area contributed by atoms with Gasteiger partial charge in [-0.05, 0) is 26.1 Å². The highest BCUT2D eigenvalue weighted by Gasteiger charge is 2.12. The summed E-state index contributed by atoms with van der Waals surface area (Å²) >= 11 is 0. The Morgan fingerprint density at radius 3 is 2.43 bits per heavy atom. The van der Waals surface area contributed by atoms with Crippen molar-refractivity contribution in [3.05, 3.63) is 12.2 Å². The molecule has 14 heavy (non-hydrogen) atoms. The molecular formula is C10H20O3Si. The maximum atomic E-state index is 10.7. The van der Waals surface area contributed by atoms with Crippen LogP contribution in [0.2, 0.25) is 19.6 Å². The van der Waals surface area contributed by atoms with Crippen LogP contribution in [0, 0.1) is 0 Å². The van der Waals surface area contributed by atoms with Gasteiger partial charge in [-0.1, -0.05) is 12.2 Å². The Labute approximate surface area is 87.2 Å². The second kappa shape index (κ2) is 6.78. The van der Waals surface area contributed by atoms with E-state index < -0.39 is 8.32 Å². The summed E-state index contributed by atoms with van der Waals surface area (Å²) in [7, 11) is 0.0217. The monoisotopic (exact) mass is 216 g/mol. The predicted octanol–water partition coefficient (Wildman–Crippen LogP) is 2.35. The van der Waals surface area contributed by atoms with Gasteiger partial charge in [0.2, 0.25) is 0 Å². The predicted molar refractivity (Wildman–Crippen MR) is 59.7 cm³/mol. The molecule has 0 rings (SSSR count). The maximum Gasteiger partial charge on any atom is 0.309 e. The van der Waals surface area contributed by atoms with E-state index in [1.54, 1.807) is 0 Å². The first kappa shape index (κ1) is 13.4. The molecule has 0 saturated heterocycles. The third kappa shape index (κ3) is 9.47. The fraction of sp³-hybridized carbons (Fsp3) is 0.700. The van der Waals surface area contributed by atoms with Gasteiger partial charge in [0.25, 0.3) is 0 Å². The fourth-order valence-electron chi connectivity index (χ4n) is 0.814. The quantitative estimate of drug-likeness (QED) is 0.296. The Kier molecular flexibility index (Phi) is 6.49. The number of ether oxygens (including phenoxy) is 1. The van der Waals surface area contributed by atoms with Crippen molar-refractivity contribution in [3.8, 4) is 0 Å². The van der Waals surface area contributed by atoms with Gasteiger partial charge < -0.3 is 9.16 Å². The standard InChI is InChI=1S/C10H20O3Si/c1-12-10(11)8-6-5-7-9-13-14(2,3)4/h5-6H,7-9H2,1-4H3. The average molecular weight is 216 g/mol. The van der Waals surface area contributed by atoms with Crippen molar-refractivity contribution in [1.82, 2.24) is 0 Å². The van der Waals surface area contributed by atoms with Crippen LogP contribution in [0.5, 0.6) is 0 Å². The van der Waals surface area contributed by atoms with Crippen LogP contribution in [0.4, 0.5) is 0 Å². The highest BCUT2D eigenvalue weighted by atomic mass is 28.4. The SMILES string of the molecule is COC(=O)CC=CCCO[Si](C)(C)C. The number of methoxy groups -OCH3 is 1. The third-order valence-corrected chi connectivity index (χ3v) is 2.57. The molecule has 0 aromatic rings. The van der Waals surface area contributed by atoms with Gasteiger partial charge in [0, 0.05) is 6.61 Å². The lowest BCUT2D eigenvalue weighted by molar-refractivity contribution is -0.139. The molecule has 0 amide bonds. The Balaban J connectivity index is 3.41.